The highest BCUT2D eigenvalue weighted by molar-refractivity contribution is 6.05. The zero-order valence-corrected chi connectivity index (χ0v) is 17.0. The van der Waals surface area contributed by atoms with Crippen molar-refractivity contribution in [3.8, 4) is 5.75 Å². The first-order valence-corrected chi connectivity index (χ1v) is 9.74. The van der Waals surface area contributed by atoms with Crippen molar-refractivity contribution in [1.82, 2.24) is 0 Å². The summed E-state index contributed by atoms with van der Waals surface area (Å²) < 4.78 is 5.51. The maximum atomic E-state index is 12.8. The first-order chi connectivity index (χ1) is 13.4. The molecule has 2 aromatic rings. The third kappa shape index (κ3) is 4.35. The summed E-state index contributed by atoms with van der Waals surface area (Å²) in [6.45, 7) is 9.42. The predicted molar refractivity (Wildman–Crippen MR) is 116 cm³/mol. The molecule has 3 rings (SSSR count). The summed E-state index contributed by atoms with van der Waals surface area (Å²) in [6, 6.07) is 11.7. The molecule has 0 unspecified atom stereocenters. The zero-order valence-electron chi connectivity index (χ0n) is 17.0. The van der Waals surface area contributed by atoms with Gasteiger partial charge in [0.05, 0.1) is 12.8 Å². The lowest BCUT2D eigenvalue weighted by atomic mass is 9.84. The number of nitrogens with zero attached hydrogens (tertiary/aromatic N) is 1. The third-order valence-electron chi connectivity index (χ3n) is 5.30. The minimum atomic E-state index is -0.147. The van der Waals surface area contributed by atoms with Crippen LogP contribution in [0.25, 0.3) is 0 Å². The van der Waals surface area contributed by atoms with E-state index in [1.54, 1.807) is 7.11 Å². The van der Waals surface area contributed by atoms with Crippen LogP contribution in [0, 0.1) is 0 Å². The van der Waals surface area contributed by atoms with E-state index < -0.39 is 0 Å². The number of aryl methyl sites for hydroxylation is 1. The minimum Gasteiger partial charge on any atom is -0.494 e. The highest BCUT2D eigenvalue weighted by Crippen LogP contribution is 2.34. The standard InChI is InChI=1S/C23H29N3O2/c1-23(2,15-24-3)18-10-8-16(9-11-18)22(27)26-20-13-17-7-5-6-12-25-19(17)14-21(20)28-4/h8-11,13-14,25H,3,5-7,12,15H2,1-2,4H3,(H,26,27). The van der Waals surface area contributed by atoms with Crippen molar-refractivity contribution >= 4 is 24.0 Å². The monoisotopic (exact) mass is 379 g/mol. The van der Waals surface area contributed by atoms with Crippen molar-refractivity contribution in [2.45, 2.75) is 38.5 Å². The average Bonchev–Trinajstić information content (AvgIpc) is 2.92. The van der Waals surface area contributed by atoms with E-state index >= 15 is 0 Å². The number of methoxy groups -OCH3 is 1. The second kappa shape index (κ2) is 8.46. The van der Waals surface area contributed by atoms with Crippen molar-refractivity contribution in [3.63, 3.8) is 0 Å². The van der Waals surface area contributed by atoms with Gasteiger partial charge >= 0.3 is 0 Å². The van der Waals surface area contributed by atoms with Crippen molar-refractivity contribution < 1.29 is 9.53 Å². The lowest BCUT2D eigenvalue weighted by molar-refractivity contribution is 0.102. The second-order valence-corrected chi connectivity index (χ2v) is 7.89. The fourth-order valence-corrected chi connectivity index (χ4v) is 3.56. The molecule has 0 spiro atoms. The number of amides is 1. The fraction of sp³-hybridized carbons (Fsp3) is 0.391. The number of hydrogen-bond donors (Lipinski definition) is 2. The number of hydrogen-bond acceptors (Lipinski definition) is 4. The maximum Gasteiger partial charge on any atom is 0.255 e. The molecule has 0 radical (unpaired) electrons. The van der Waals surface area contributed by atoms with E-state index in [0.717, 1.165) is 37.1 Å². The number of benzene rings is 2. The van der Waals surface area contributed by atoms with Crippen LogP contribution in [0.3, 0.4) is 0 Å². The van der Waals surface area contributed by atoms with Gasteiger partial charge in [0.1, 0.15) is 5.75 Å². The molecule has 1 aliphatic rings. The molecular weight excluding hydrogens is 350 g/mol. The lowest BCUT2D eigenvalue weighted by Gasteiger charge is -2.23. The van der Waals surface area contributed by atoms with Crippen LogP contribution >= 0.6 is 0 Å². The van der Waals surface area contributed by atoms with Gasteiger partial charge in [0.2, 0.25) is 0 Å². The van der Waals surface area contributed by atoms with E-state index in [9.17, 15) is 4.79 Å². The molecule has 0 bridgehead atoms. The summed E-state index contributed by atoms with van der Waals surface area (Å²) in [5.74, 6) is 0.516. The summed E-state index contributed by atoms with van der Waals surface area (Å²) >= 11 is 0. The van der Waals surface area contributed by atoms with E-state index in [-0.39, 0.29) is 11.3 Å². The summed E-state index contributed by atoms with van der Waals surface area (Å²) in [7, 11) is 1.62. The predicted octanol–water partition coefficient (Wildman–Crippen LogP) is 4.67. The topological polar surface area (TPSA) is 62.7 Å². The molecule has 1 aliphatic heterocycles. The van der Waals surface area contributed by atoms with Gasteiger partial charge in [0.25, 0.3) is 5.91 Å². The molecule has 0 saturated carbocycles. The number of ether oxygens (including phenoxy) is 1. The molecule has 0 fully saturated rings. The number of nitrogens with one attached hydrogen (secondary N) is 2. The van der Waals surface area contributed by atoms with Crippen LogP contribution in [0.4, 0.5) is 11.4 Å². The fourth-order valence-electron chi connectivity index (χ4n) is 3.56. The van der Waals surface area contributed by atoms with Crippen LogP contribution in [0.5, 0.6) is 5.75 Å². The van der Waals surface area contributed by atoms with Crippen molar-refractivity contribution in [3.05, 3.63) is 53.1 Å². The number of rotatable bonds is 6. The molecule has 1 amide bonds. The Morgan fingerprint density at radius 3 is 2.68 bits per heavy atom. The van der Waals surface area contributed by atoms with E-state index in [2.05, 4.69) is 36.2 Å². The number of carbonyl (C=O) groups excluding carboxylic acids is 1. The van der Waals surface area contributed by atoms with Gasteiger partial charge < -0.3 is 20.4 Å². The zero-order chi connectivity index (χ0) is 20.1. The van der Waals surface area contributed by atoms with Crippen LogP contribution in [-0.4, -0.2) is 32.8 Å². The maximum absolute atomic E-state index is 12.8. The SMILES string of the molecule is C=NCC(C)(C)c1ccc(C(=O)Nc2cc3c(cc2OC)NCCCC3)cc1. The highest BCUT2D eigenvalue weighted by atomic mass is 16.5. The molecule has 2 aromatic carbocycles. The van der Waals surface area contributed by atoms with E-state index in [1.165, 1.54) is 5.56 Å². The molecule has 28 heavy (non-hydrogen) atoms. The second-order valence-electron chi connectivity index (χ2n) is 7.89. The Bertz CT molecular complexity index is 857. The summed E-state index contributed by atoms with van der Waals surface area (Å²) in [5.41, 5.74) is 4.64. The Morgan fingerprint density at radius 2 is 2.00 bits per heavy atom. The van der Waals surface area contributed by atoms with Crippen LogP contribution < -0.4 is 15.4 Å². The third-order valence-corrected chi connectivity index (χ3v) is 5.30. The Hall–Kier alpha value is -2.82. The Labute approximate surface area is 167 Å². The quantitative estimate of drug-likeness (QED) is 0.717. The van der Waals surface area contributed by atoms with E-state index in [4.69, 9.17) is 4.74 Å². The van der Waals surface area contributed by atoms with Crippen LogP contribution in [-0.2, 0) is 11.8 Å². The number of carbonyl (C=O) groups is 1. The van der Waals surface area contributed by atoms with Crippen LogP contribution in [0.1, 0.15) is 48.2 Å². The normalized spacial score (nSPS) is 13.7. The molecule has 2 N–H and O–H groups in total. The van der Waals surface area contributed by atoms with Gasteiger partial charge in [-0.3, -0.25) is 4.79 Å². The van der Waals surface area contributed by atoms with Gasteiger partial charge in [-0.1, -0.05) is 26.0 Å². The molecular formula is C23H29N3O2. The van der Waals surface area contributed by atoms with Crippen molar-refractivity contribution in [2.24, 2.45) is 4.99 Å². The van der Waals surface area contributed by atoms with Gasteiger partial charge in [-0.2, -0.15) is 0 Å². The molecule has 5 nitrogen and oxygen atoms in total. The Morgan fingerprint density at radius 1 is 1.25 bits per heavy atom. The Kier molecular flexibility index (Phi) is 6.02. The van der Waals surface area contributed by atoms with Gasteiger partial charge in [-0.25, -0.2) is 0 Å². The van der Waals surface area contributed by atoms with Crippen molar-refractivity contribution in [1.29, 1.82) is 0 Å². The molecule has 1 heterocycles. The number of fused-ring (bicyclic) bond motifs is 1. The van der Waals surface area contributed by atoms with Gasteiger partial charge in [0.15, 0.2) is 0 Å². The van der Waals surface area contributed by atoms with E-state index in [1.807, 2.05) is 36.4 Å². The van der Waals surface area contributed by atoms with Crippen molar-refractivity contribution in [2.75, 3.05) is 30.8 Å². The van der Waals surface area contributed by atoms with Gasteiger partial charge in [0, 0.05) is 35.8 Å². The van der Waals surface area contributed by atoms with E-state index in [0.29, 0.717) is 23.5 Å². The highest BCUT2D eigenvalue weighted by Gasteiger charge is 2.20. The minimum absolute atomic E-state index is 0.107. The summed E-state index contributed by atoms with van der Waals surface area (Å²) in [4.78, 5) is 16.8. The first-order valence-electron chi connectivity index (χ1n) is 9.74. The van der Waals surface area contributed by atoms with Crippen LogP contribution in [0.2, 0.25) is 0 Å². The lowest BCUT2D eigenvalue weighted by Crippen LogP contribution is -2.21. The smallest absolute Gasteiger partial charge is 0.255 e. The molecule has 0 atom stereocenters. The van der Waals surface area contributed by atoms with Gasteiger partial charge in [-0.05, 0) is 55.3 Å². The average molecular weight is 380 g/mol. The van der Waals surface area contributed by atoms with Gasteiger partial charge in [-0.15, -0.1) is 0 Å². The van der Waals surface area contributed by atoms with Crippen LogP contribution in [0.15, 0.2) is 41.4 Å². The summed E-state index contributed by atoms with van der Waals surface area (Å²) in [6.07, 6.45) is 3.27. The molecule has 0 saturated heterocycles. The number of anilines is 2. The molecule has 0 aliphatic carbocycles. The molecule has 0 aromatic heterocycles. The summed E-state index contributed by atoms with van der Waals surface area (Å²) in [5, 5.41) is 6.45. The first kappa shape index (κ1) is 19.9. The number of aliphatic imine (C=N–C) groups is 1. The molecule has 148 valence electrons. The largest absolute Gasteiger partial charge is 0.494 e. The Balaban J connectivity index is 1.81. The molecule has 5 heteroatoms.